The smallest absolute Gasteiger partial charge is 0.273 e. The van der Waals surface area contributed by atoms with Crippen LogP contribution >= 0.6 is 0 Å². The number of rotatable bonds is 4. The van der Waals surface area contributed by atoms with Crippen LogP contribution in [0.4, 0.5) is 5.69 Å². The van der Waals surface area contributed by atoms with Crippen LogP contribution in [0.15, 0.2) is 18.2 Å². The minimum absolute atomic E-state index is 0.0720. The Morgan fingerprint density at radius 2 is 2.10 bits per heavy atom. The highest BCUT2D eigenvalue weighted by molar-refractivity contribution is 5.95. The molecular formula is C14H18N2O4. The van der Waals surface area contributed by atoms with E-state index in [-0.39, 0.29) is 17.8 Å². The second kappa shape index (κ2) is 5.58. The summed E-state index contributed by atoms with van der Waals surface area (Å²) in [5.41, 5.74) is -0.145. The van der Waals surface area contributed by atoms with Gasteiger partial charge in [-0.1, -0.05) is 18.9 Å². The standard InChI is InChI=1S/C14H18N2O4/c1-10-4-5-11(8-12(10)16(19)20)13(17)15-9-14(18)6-2-3-7-14/h4-5,8,18H,2-3,6-7,9H2,1H3,(H,15,17). The Morgan fingerprint density at radius 1 is 1.45 bits per heavy atom. The molecule has 1 aromatic carbocycles. The molecule has 6 heteroatoms. The molecule has 0 aromatic heterocycles. The van der Waals surface area contributed by atoms with Gasteiger partial charge in [0.15, 0.2) is 0 Å². The first-order valence-corrected chi connectivity index (χ1v) is 6.67. The molecule has 1 saturated carbocycles. The lowest BCUT2D eigenvalue weighted by atomic mass is 10.0. The monoisotopic (exact) mass is 278 g/mol. The molecule has 0 unspecified atom stereocenters. The maximum absolute atomic E-state index is 12.0. The van der Waals surface area contributed by atoms with E-state index >= 15 is 0 Å². The molecule has 2 rings (SSSR count). The Morgan fingerprint density at radius 3 is 2.70 bits per heavy atom. The maximum Gasteiger partial charge on any atom is 0.273 e. The van der Waals surface area contributed by atoms with Crippen LogP contribution in [0, 0.1) is 17.0 Å². The number of benzene rings is 1. The number of carbonyl (C=O) groups is 1. The van der Waals surface area contributed by atoms with Gasteiger partial charge in [-0.15, -0.1) is 0 Å². The van der Waals surface area contributed by atoms with E-state index in [2.05, 4.69) is 5.32 Å². The predicted octanol–water partition coefficient (Wildman–Crippen LogP) is 1.94. The quantitative estimate of drug-likeness (QED) is 0.650. The summed E-state index contributed by atoms with van der Waals surface area (Å²) in [6.45, 7) is 1.81. The molecule has 0 aliphatic heterocycles. The summed E-state index contributed by atoms with van der Waals surface area (Å²) in [4.78, 5) is 22.3. The summed E-state index contributed by atoms with van der Waals surface area (Å²) in [5.74, 6) is -0.395. The molecule has 0 heterocycles. The lowest BCUT2D eigenvalue weighted by Gasteiger charge is -2.22. The van der Waals surface area contributed by atoms with Crippen molar-refractivity contribution in [2.24, 2.45) is 0 Å². The molecule has 1 amide bonds. The molecule has 0 saturated heterocycles. The fourth-order valence-electron chi connectivity index (χ4n) is 2.50. The largest absolute Gasteiger partial charge is 0.388 e. The third kappa shape index (κ3) is 3.14. The number of hydrogen-bond acceptors (Lipinski definition) is 4. The minimum atomic E-state index is -0.827. The van der Waals surface area contributed by atoms with E-state index in [1.54, 1.807) is 19.1 Å². The molecule has 20 heavy (non-hydrogen) atoms. The first-order chi connectivity index (χ1) is 9.41. The molecule has 0 bridgehead atoms. The van der Waals surface area contributed by atoms with Crippen molar-refractivity contribution in [3.63, 3.8) is 0 Å². The number of nitrogens with zero attached hydrogens (tertiary/aromatic N) is 1. The van der Waals surface area contributed by atoms with Gasteiger partial charge in [-0.2, -0.15) is 0 Å². The van der Waals surface area contributed by atoms with E-state index in [9.17, 15) is 20.0 Å². The molecule has 0 atom stereocenters. The van der Waals surface area contributed by atoms with E-state index in [0.717, 1.165) is 12.8 Å². The fraction of sp³-hybridized carbons (Fsp3) is 0.500. The van der Waals surface area contributed by atoms with Crippen LogP contribution in [0.3, 0.4) is 0 Å². The van der Waals surface area contributed by atoms with Gasteiger partial charge in [0, 0.05) is 23.7 Å². The van der Waals surface area contributed by atoms with Crippen molar-refractivity contribution in [3.8, 4) is 0 Å². The lowest BCUT2D eigenvalue weighted by molar-refractivity contribution is -0.385. The van der Waals surface area contributed by atoms with Crippen LogP contribution in [0.5, 0.6) is 0 Å². The van der Waals surface area contributed by atoms with Gasteiger partial charge in [0.1, 0.15) is 0 Å². The molecule has 1 aromatic rings. The van der Waals surface area contributed by atoms with Crippen LogP contribution in [-0.4, -0.2) is 28.1 Å². The number of aryl methyl sites for hydroxylation is 1. The zero-order valence-electron chi connectivity index (χ0n) is 11.4. The first kappa shape index (κ1) is 14.5. The summed E-state index contributed by atoms with van der Waals surface area (Å²) in [6.07, 6.45) is 3.29. The molecule has 0 spiro atoms. The van der Waals surface area contributed by atoms with Crippen molar-refractivity contribution in [2.45, 2.75) is 38.2 Å². The number of nitro groups is 1. The number of amides is 1. The molecule has 2 N–H and O–H groups in total. The maximum atomic E-state index is 12.0. The number of nitrogens with one attached hydrogen (secondary N) is 1. The second-order valence-electron chi connectivity index (χ2n) is 5.37. The third-order valence-corrected chi connectivity index (χ3v) is 3.78. The lowest BCUT2D eigenvalue weighted by Crippen LogP contribution is -2.40. The van der Waals surface area contributed by atoms with Crippen LogP contribution in [0.2, 0.25) is 0 Å². The van der Waals surface area contributed by atoms with Crippen LogP contribution < -0.4 is 5.32 Å². The molecule has 108 valence electrons. The van der Waals surface area contributed by atoms with Crippen LogP contribution in [0.25, 0.3) is 0 Å². The summed E-state index contributed by atoms with van der Waals surface area (Å²) in [6, 6.07) is 4.37. The average Bonchev–Trinajstić information content (AvgIpc) is 2.84. The number of hydrogen-bond donors (Lipinski definition) is 2. The van der Waals surface area contributed by atoms with Crippen molar-refractivity contribution in [2.75, 3.05) is 6.54 Å². The van der Waals surface area contributed by atoms with Crippen LogP contribution in [0.1, 0.15) is 41.6 Å². The van der Waals surface area contributed by atoms with E-state index < -0.39 is 16.4 Å². The van der Waals surface area contributed by atoms with Gasteiger partial charge < -0.3 is 10.4 Å². The van der Waals surface area contributed by atoms with E-state index in [1.807, 2.05) is 0 Å². The Balaban J connectivity index is 2.06. The number of aliphatic hydroxyl groups is 1. The van der Waals surface area contributed by atoms with E-state index in [0.29, 0.717) is 18.4 Å². The zero-order chi connectivity index (χ0) is 14.8. The zero-order valence-corrected chi connectivity index (χ0v) is 11.4. The summed E-state index contributed by atoms with van der Waals surface area (Å²) >= 11 is 0. The van der Waals surface area contributed by atoms with Crippen molar-refractivity contribution in [1.29, 1.82) is 0 Å². The third-order valence-electron chi connectivity index (χ3n) is 3.78. The molecule has 1 aliphatic carbocycles. The van der Waals surface area contributed by atoms with E-state index in [4.69, 9.17) is 0 Å². The molecule has 0 radical (unpaired) electrons. The first-order valence-electron chi connectivity index (χ1n) is 6.67. The van der Waals surface area contributed by atoms with Crippen molar-refractivity contribution in [1.82, 2.24) is 5.32 Å². The van der Waals surface area contributed by atoms with Gasteiger partial charge in [-0.25, -0.2) is 0 Å². The fourth-order valence-corrected chi connectivity index (χ4v) is 2.50. The molecular weight excluding hydrogens is 260 g/mol. The van der Waals surface area contributed by atoms with Gasteiger partial charge in [-0.3, -0.25) is 14.9 Å². The van der Waals surface area contributed by atoms with Gasteiger partial charge in [0.05, 0.1) is 10.5 Å². The second-order valence-corrected chi connectivity index (χ2v) is 5.37. The normalized spacial score (nSPS) is 16.9. The van der Waals surface area contributed by atoms with Crippen LogP contribution in [-0.2, 0) is 0 Å². The summed E-state index contributed by atoms with van der Waals surface area (Å²) in [5, 5.41) is 23.7. The Hall–Kier alpha value is -1.95. The summed E-state index contributed by atoms with van der Waals surface area (Å²) in [7, 11) is 0. The SMILES string of the molecule is Cc1ccc(C(=O)NCC2(O)CCCC2)cc1[N+](=O)[O-]. The predicted molar refractivity (Wildman–Crippen MR) is 73.6 cm³/mol. The van der Waals surface area contributed by atoms with Gasteiger partial charge in [0.2, 0.25) is 0 Å². The summed E-state index contributed by atoms with van der Waals surface area (Å²) < 4.78 is 0. The van der Waals surface area contributed by atoms with Gasteiger partial charge in [-0.05, 0) is 25.8 Å². The molecule has 1 fully saturated rings. The average molecular weight is 278 g/mol. The topological polar surface area (TPSA) is 92.5 Å². The highest BCUT2D eigenvalue weighted by atomic mass is 16.6. The molecule has 6 nitrogen and oxygen atoms in total. The van der Waals surface area contributed by atoms with Crippen molar-refractivity contribution in [3.05, 3.63) is 39.4 Å². The van der Waals surface area contributed by atoms with E-state index in [1.165, 1.54) is 6.07 Å². The number of carbonyl (C=O) groups excluding carboxylic acids is 1. The highest BCUT2D eigenvalue weighted by Crippen LogP contribution is 2.28. The Bertz CT molecular complexity index is 536. The van der Waals surface area contributed by atoms with Gasteiger partial charge in [0.25, 0.3) is 11.6 Å². The van der Waals surface area contributed by atoms with Crippen molar-refractivity contribution >= 4 is 11.6 Å². The molecule has 1 aliphatic rings. The van der Waals surface area contributed by atoms with Gasteiger partial charge >= 0.3 is 0 Å². The Labute approximate surface area is 117 Å². The minimum Gasteiger partial charge on any atom is -0.388 e. The Kier molecular flexibility index (Phi) is 4.04. The van der Waals surface area contributed by atoms with Crippen molar-refractivity contribution < 1.29 is 14.8 Å². The number of nitro benzene ring substituents is 1. The highest BCUT2D eigenvalue weighted by Gasteiger charge is 2.31.